The molecule has 0 bridgehead atoms. The number of anilines is 1. The summed E-state index contributed by atoms with van der Waals surface area (Å²) in [4.78, 5) is 15.6. The Balaban J connectivity index is 2.53. The molecule has 0 aliphatic carbocycles. The van der Waals surface area contributed by atoms with Crippen LogP contribution in [0.4, 0.5) is 10.2 Å². The molecule has 1 atom stereocenters. The maximum Gasteiger partial charge on any atom is 0.233 e. The van der Waals surface area contributed by atoms with E-state index in [1.54, 1.807) is 0 Å². The number of carbonyl (C=O) groups excluding carboxylic acids is 1. The average molecular weight is 208 g/mol. The molecule has 1 unspecified atom stereocenters. The van der Waals surface area contributed by atoms with Gasteiger partial charge in [-0.15, -0.1) is 0 Å². The van der Waals surface area contributed by atoms with Crippen molar-refractivity contribution < 1.29 is 9.18 Å². The summed E-state index contributed by atoms with van der Waals surface area (Å²) in [6, 6.07) is 1.39. The first-order chi connectivity index (χ1) is 6.89. The lowest BCUT2D eigenvalue weighted by Gasteiger charge is -2.24. The lowest BCUT2D eigenvalue weighted by molar-refractivity contribution is -0.119. The molecule has 4 heteroatoms. The number of aromatic nitrogens is 1. The molecular weight excluding hydrogens is 195 g/mol. The van der Waals surface area contributed by atoms with Crippen LogP contribution in [-0.4, -0.2) is 10.9 Å². The molecular formula is C11H13FN2O. The van der Waals surface area contributed by atoms with E-state index in [1.807, 2.05) is 20.8 Å². The monoisotopic (exact) mass is 208 g/mol. The van der Waals surface area contributed by atoms with Crippen LogP contribution in [0.5, 0.6) is 0 Å². The zero-order valence-electron chi connectivity index (χ0n) is 8.97. The Kier molecular flexibility index (Phi) is 2.03. The predicted molar refractivity (Wildman–Crippen MR) is 55.0 cm³/mol. The number of rotatable bonds is 0. The number of halogens is 1. The zero-order valence-corrected chi connectivity index (χ0v) is 8.97. The molecule has 2 heterocycles. The van der Waals surface area contributed by atoms with Crippen LogP contribution in [0.2, 0.25) is 0 Å². The van der Waals surface area contributed by atoms with Crippen molar-refractivity contribution in [2.45, 2.75) is 26.7 Å². The van der Waals surface area contributed by atoms with E-state index in [0.29, 0.717) is 11.4 Å². The molecule has 1 aromatic rings. The van der Waals surface area contributed by atoms with Crippen molar-refractivity contribution in [2.24, 2.45) is 5.41 Å². The first kappa shape index (κ1) is 10.1. The van der Waals surface area contributed by atoms with Crippen LogP contribution < -0.4 is 5.32 Å². The Morgan fingerprint density at radius 3 is 2.73 bits per heavy atom. The summed E-state index contributed by atoms with van der Waals surface area (Å²) in [7, 11) is 0. The van der Waals surface area contributed by atoms with Crippen molar-refractivity contribution >= 4 is 11.7 Å². The Morgan fingerprint density at radius 2 is 2.13 bits per heavy atom. The van der Waals surface area contributed by atoms with E-state index < -0.39 is 5.82 Å². The summed E-state index contributed by atoms with van der Waals surface area (Å²) in [5.74, 6) is -0.341. The zero-order chi connectivity index (χ0) is 11.2. The minimum atomic E-state index is -0.403. The molecule has 1 N–H and O–H groups in total. The largest absolute Gasteiger partial charge is 0.310 e. The fraction of sp³-hybridized carbons (Fsp3) is 0.455. The second-order valence-corrected chi connectivity index (χ2v) is 4.88. The molecule has 0 aromatic carbocycles. The van der Waals surface area contributed by atoms with E-state index in [9.17, 15) is 9.18 Å². The second-order valence-electron chi connectivity index (χ2n) is 4.88. The van der Waals surface area contributed by atoms with Crippen LogP contribution in [0.3, 0.4) is 0 Å². The lowest BCUT2D eigenvalue weighted by atomic mass is 9.77. The maximum absolute atomic E-state index is 13.0. The number of amides is 1. The summed E-state index contributed by atoms with van der Waals surface area (Å²) in [5, 5.41) is 2.66. The summed E-state index contributed by atoms with van der Waals surface area (Å²) in [5.41, 5.74) is 0.428. The highest BCUT2D eigenvalue weighted by molar-refractivity contribution is 6.02. The van der Waals surface area contributed by atoms with Gasteiger partial charge in [0.25, 0.3) is 0 Å². The van der Waals surface area contributed by atoms with Gasteiger partial charge in [-0.2, -0.15) is 0 Å². The van der Waals surface area contributed by atoms with Gasteiger partial charge in [-0.05, 0) is 11.5 Å². The summed E-state index contributed by atoms with van der Waals surface area (Å²) in [6.07, 6.45) is 1.12. The Hall–Kier alpha value is -1.45. The molecule has 0 saturated carbocycles. The summed E-state index contributed by atoms with van der Waals surface area (Å²) >= 11 is 0. The number of nitrogens with zero attached hydrogens (tertiary/aromatic N) is 1. The van der Waals surface area contributed by atoms with E-state index in [1.165, 1.54) is 6.07 Å². The average Bonchev–Trinajstić information content (AvgIpc) is 2.38. The third-order valence-corrected chi connectivity index (χ3v) is 2.56. The topological polar surface area (TPSA) is 42.0 Å². The highest BCUT2D eigenvalue weighted by Crippen LogP contribution is 2.42. The lowest BCUT2D eigenvalue weighted by Crippen LogP contribution is -2.25. The van der Waals surface area contributed by atoms with Gasteiger partial charge in [0.2, 0.25) is 5.91 Å². The molecule has 1 amide bonds. The minimum Gasteiger partial charge on any atom is -0.310 e. The number of fused-ring (bicyclic) bond motifs is 1. The van der Waals surface area contributed by atoms with Crippen molar-refractivity contribution in [3.63, 3.8) is 0 Å². The third kappa shape index (κ3) is 1.60. The van der Waals surface area contributed by atoms with Crippen LogP contribution in [0.15, 0.2) is 12.3 Å². The van der Waals surface area contributed by atoms with Gasteiger partial charge < -0.3 is 5.32 Å². The van der Waals surface area contributed by atoms with Crippen molar-refractivity contribution in [1.82, 2.24) is 4.98 Å². The van der Waals surface area contributed by atoms with Gasteiger partial charge in [0.1, 0.15) is 11.6 Å². The van der Waals surface area contributed by atoms with Crippen molar-refractivity contribution in [1.29, 1.82) is 0 Å². The molecule has 1 aliphatic rings. The summed E-state index contributed by atoms with van der Waals surface area (Å²) < 4.78 is 13.0. The number of nitrogens with one attached hydrogen (secondary N) is 1. The Morgan fingerprint density at radius 1 is 1.47 bits per heavy atom. The smallest absolute Gasteiger partial charge is 0.233 e. The van der Waals surface area contributed by atoms with Crippen molar-refractivity contribution in [2.75, 3.05) is 5.32 Å². The van der Waals surface area contributed by atoms with Crippen LogP contribution in [0.25, 0.3) is 0 Å². The van der Waals surface area contributed by atoms with Gasteiger partial charge >= 0.3 is 0 Å². The van der Waals surface area contributed by atoms with Gasteiger partial charge in [0.15, 0.2) is 0 Å². The second kappa shape index (κ2) is 3.02. The molecule has 0 fully saturated rings. The standard InChI is InChI=1S/C11H13FN2O/c1-11(2,3)8-7-4-6(12)5-13-9(7)14-10(8)15/h4-5,8H,1-3H3,(H,13,14,15). The molecule has 1 aromatic heterocycles. The first-order valence-electron chi connectivity index (χ1n) is 4.86. The van der Waals surface area contributed by atoms with E-state index in [-0.39, 0.29) is 17.2 Å². The van der Waals surface area contributed by atoms with Gasteiger partial charge in [0, 0.05) is 5.56 Å². The predicted octanol–water partition coefficient (Wildman–Crippen LogP) is 2.30. The molecule has 0 spiro atoms. The first-order valence-corrected chi connectivity index (χ1v) is 4.86. The van der Waals surface area contributed by atoms with Gasteiger partial charge in [-0.3, -0.25) is 4.79 Å². The van der Waals surface area contributed by atoms with Crippen LogP contribution >= 0.6 is 0 Å². The molecule has 0 radical (unpaired) electrons. The highest BCUT2D eigenvalue weighted by atomic mass is 19.1. The van der Waals surface area contributed by atoms with E-state index in [2.05, 4.69) is 10.3 Å². The number of pyridine rings is 1. The van der Waals surface area contributed by atoms with Gasteiger partial charge in [-0.25, -0.2) is 9.37 Å². The van der Waals surface area contributed by atoms with Gasteiger partial charge in [-0.1, -0.05) is 20.8 Å². The molecule has 0 saturated heterocycles. The number of carbonyl (C=O) groups is 1. The number of hydrogen-bond acceptors (Lipinski definition) is 2. The third-order valence-electron chi connectivity index (χ3n) is 2.56. The van der Waals surface area contributed by atoms with Gasteiger partial charge in [0.05, 0.1) is 12.1 Å². The Labute approximate surface area is 87.7 Å². The summed E-state index contributed by atoms with van der Waals surface area (Å²) in [6.45, 7) is 5.87. The van der Waals surface area contributed by atoms with Crippen LogP contribution in [0.1, 0.15) is 32.3 Å². The molecule has 3 nitrogen and oxygen atoms in total. The fourth-order valence-electron chi connectivity index (χ4n) is 1.97. The highest BCUT2D eigenvalue weighted by Gasteiger charge is 2.40. The SMILES string of the molecule is CC(C)(C)C1C(=O)Nc2ncc(F)cc21. The minimum absolute atomic E-state index is 0.101. The number of hydrogen-bond donors (Lipinski definition) is 1. The normalized spacial score (nSPS) is 20.0. The van der Waals surface area contributed by atoms with Crippen LogP contribution in [-0.2, 0) is 4.79 Å². The molecule has 80 valence electrons. The Bertz CT molecular complexity index is 423. The molecule has 1 aliphatic heterocycles. The van der Waals surface area contributed by atoms with E-state index >= 15 is 0 Å². The van der Waals surface area contributed by atoms with Crippen molar-refractivity contribution in [3.8, 4) is 0 Å². The molecule has 15 heavy (non-hydrogen) atoms. The van der Waals surface area contributed by atoms with Crippen molar-refractivity contribution in [3.05, 3.63) is 23.6 Å². The quantitative estimate of drug-likeness (QED) is 0.710. The van der Waals surface area contributed by atoms with E-state index in [0.717, 1.165) is 6.20 Å². The fourth-order valence-corrected chi connectivity index (χ4v) is 1.97. The maximum atomic E-state index is 13.0. The van der Waals surface area contributed by atoms with Crippen LogP contribution in [0, 0.1) is 11.2 Å². The molecule has 2 rings (SSSR count). The van der Waals surface area contributed by atoms with E-state index in [4.69, 9.17) is 0 Å².